The number of H-pyrrole nitrogens is 1. The number of pyridine rings is 1. The Bertz CT molecular complexity index is 1350. The Kier molecular flexibility index (Phi) is 4.95. The van der Waals surface area contributed by atoms with Gasteiger partial charge in [-0.05, 0) is 36.6 Å². The number of hydrogen-bond acceptors (Lipinski definition) is 4. The Hall–Kier alpha value is -2.90. The van der Waals surface area contributed by atoms with Gasteiger partial charge < -0.3 is 9.88 Å². The standard InChI is InChI=1S/C24H26N4O2S/c1-2-16-15-28(17-7-4-3-5-8-17)14-12-18(16)23-24-20(11-13-26-23)19-9-6-10-21(22(19)27-24)31(25,29)30/h3-11,13,16,18,27H,2,12,14-15H2,1H3,(H2,25,29,30). The summed E-state index contributed by atoms with van der Waals surface area (Å²) in [5, 5.41) is 7.32. The smallest absolute Gasteiger partial charge is 0.240 e. The van der Waals surface area contributed by atoms with Crippen LogP contribution in [0.4, 0.5) is 5.69 Å². The summed E-state index contributed by atoms with van der Waals surface area (Å²) in [5.41, 5.74) is 3.76. The van der Waals surface area contributed by atoms with Crippen molar-refractivity contribution < 1.29 is 8.42 Å². The van der Waals surface area contributed by atoms with Gasteiger partial charge in [0.2, 0.25) is 10.0 Å². The summed E-state index contributed by atoms with van der Waals surface area (Å²) in [6, 6.07) is 17.7. The van der Waals surface area contributed by atoms with Gasteiger partial charge in [0.15, 0.2) is 0 Å². The number of aromatic nitrogens is 2. The molecule has 1 aliphatic heterocycles. The van der Waals surface area contributed by atoms with E-state index in [1.54, 1.807) is 12.1 Å². The van der Waals surface area contributed by atoms with Gasteiger partial charge in [-0.1, -0.05) is 43.7 Å². The molecule has 1 saturated heterocycles. The maximum absolute atomic E-state index is 12.1. The molecule has 2 unspecified atom stereocenters. The van der Waals surface area contributed by atoms with Crippen molar-refractivity contribution in [3.63, 3.8) is 0 Å². The summed E-state index contributed by atoms with van der Waals surface area (Å²) in [7, 11) is -3.83. The van der Waals surface area contributed by atoms with E-state index in [1.807, 2.05) is 24.4 Å². The summed E-state index contributed by atoms with van der Waals surface area (Å²) in [6.07, 6.45) is 3.89. The van der Waals surface area contributed by atoms with E-state index in [2.05, 4.69) is 41.1 Å². The van der Waals surface area contributed by atoms with Crippen molar-refractivity contribution in [2.75, 3.05) is 18.0 Å². The normalized spacial score (nSPS) is 19.9. The molecule has 31 heavy (non-hydrogen) atoms. The quantitative estimate of drug-likeness (QED) is 0.498. The molecule has 7 heteroatoms. The summed E-state index contributed by atoms with van der Waals surface area (Å²) in [4.78, 5) is 10.7. The minimum Gasteiger partial charge on any atom is -0.371 e. The molecule has 6 nitrogen and oxygen atoms in total. The highest BCUT2D eigenvalue weighted by atomic mass is 32.2. The Morgan fingerprint density at radius 1 is 1.06 bits per heavy atom. The maximum atomic E-state index is 12.1. The molecule has 0 amide bonds. The summed E-state index contributed by atoms with van der Waals surface area (Å²) in [6.45, 7) is 4.18. The molecule has 1 fully saturated rings. The van der Waals surface area contributed by atoms with E-state index in [-0.39, 0.29) is 4.90 Å². The van der Waals surface area contributed by atoms with Crippen LogP contribution in [0.25, 0.3) is 21.8 Å². The molecular weight excluding hydrogens is 408 g/mol. The highest BCUT2D eigenvalue weighted by molar-refractivity contribution is 7.89. The first-order valence-electron chi connectivity index (χ1n) is 10.7. The first kappa shape index (κ1) is 20.0. The molecule has 2 atom stereocenters. The van der Waals surface area contributed by atoms with E-state index >= 15 is 0 Å². The second-order valence-electron chi connectivity index (χ2n) is 8.31. The SMILES string of the molecule is CCC1CN(c2ccccc2)CCC1c1nccc2c1[nH]c1c(S(N)(=O)=O)cccc12. The number of rotatable bonds is 4. The fraction of sp³-hybridized carbons (Fsp3) is 0.292. The number of para-hydroxylation sites is 2. The van der Waals surface area contributed by atoms with Gasteiger partial charge in [0, 0.05) is 41.7 Å². The fourth-order valence-electron chi connectivity index (χ4n) is 5.04. The number of primary sulfonamides is 1. The van der Waals surface area contributed by atoms with Crippen molar-refractivity contribution in [3.05, 3.63) is 66.5 Å². The van der Waals surface area contributed by atoms with Crippen LogP contribution in [0.1, 0.15) is 31.4 Å². The number of hydrogen-bond donors (Lipinski definition) is 2. The lowest BCUT2D eigenvalue weighted by atomic mass is 9.80. The second kappa shape index (κ2) is 7.66. The van der Waals surface area contributed by atoms with Gasteiger partial charge >= 0.3 is 0 Å². The summed E-state index contributed by atoms with van der Waals surface area (Å²) < 4.78 is 24.2. The molecule has 0 spiro atoms. The molecule has 0 saturated carbocycles. The lowest BCUT2D eigenvalue weighted by molar-refractivity contribution is 0.344. The van der Waals surface area contributed by atoms with Crippen molar-refractivity contribution in [2.45, 2.75) is 30.6 Å². The van der Waals surface area contributed by atoms with E-state index in [0.717, 1.165) is 47.9 Å². The van der Waals surface area contributed by atoms with Crippen molar-refractivity contribution in [2.24, 2.45) is 11.1 Å². The zero-order chi connectivity index (χ0) is 21.6. The van der Waals surface area contributed by atoms with E-state index in [4.69, 9.17) is 10.1 Å². The van der Waals surface area contributed by atoms with Gasteiger partial charge in [-0.25, -0.2) is 13.6 Å². The molecular formula is C24H26N4O2S. The molecule has 0 bridgehead atoms. The zero-order valence-electron chi connectivity index (χ0n) is 17.5. The minimum absolute atomic E-state index is 0.123. The third-order valence-corrected chi connectivity index (χ3v) is 7.54. The average Bonchev–Trinajstić information content (AvgIpc) is 3.17. The van der Waals surface area contributed by atoms with Crippen LogP contribution in [-0.4, -0.2) is 31.5 Å². The van der Waals surface area contributed by atoms with Gasteiger partial charge in [0.25, 0.3) is 0 Å². The Morgan fingerprint density at radius 3 is 2.58 bits per heavy atom. The number of aromatic amines is 1. The van der Waals surface area contributed by atoms with Gasteiger partial charge in [0.1, 0.15) is 4.90 Å². The first-order valence-corrected chi connectivity index (χ1v) is 12.2. The number of nitrogens with one attached hydrogen (secondary N) is 1. The Balaban J connectivity index is 1.59. The predicted octanol–water partition coefficient (Wildman–Crippen LogP) is 4.38. The van der Waals surface area contributed by atoms with E-state index in [9.17, 15) is 8.42 Å². The average molecular weight is 435 g/mol. The number of sulfonamides is 1. The number of nitrogens with two attached hydrogens (primary N) is 1. The molecule has 1 aliphatic rings. The van der Waals surface area contributed by atoms with Crippen LogP contribution in [0.2, 0.25) is 0 Å². The van der Waals surface area contributed by atoms with E-state index in [1.165, 1.54) is 5.69 Å². The second-order valence-corrected chi connectivity index (χ2v) is 9.84. The van der Waals surface area contributed by atoms with Crippen LogP contribution >= 0.6 is 0 Å². The Morgan fingerprint density at radius 2 is 1.84 bits per heavy atom. The molecule has 0 aliphatic carbocycles. The molecule has 2 aromatic carbocycles. The molecule has 3 heterocycles. The topological polar surface area (TPSA) is 92.1 Å². The third-order valence-electron chi connectivity index (χ3n) is 6.58. The summed E-state index contributed by atoms with van der Waals surface area (Å²) in [5.74, 6) is 0.760. The third kappa shape index (κ3) is 3.47. The van der Waals surface area contributed by atoms with Crippen LogP contribution in [0.5, 0.6) is 0 Å². The number of nitrogens with zero attached hydrogens (tertiary/aromatic N) is 2. The van der Waals surface area contributed by atoms with Crippen molar-refractivity contribution in [1.82, 2.24) is 9.97 Å². The first-order chi connectivity index (χ1) is 15.0. The van der Waals surface area contributed by atoms with Gasteiger partial charge in [-0.3, -0.25) is 4.98 Å². The maximum Gasteiger partial charge on any atom is 0.240 e. The number of piperidine rings is 1. The van der Waals surface area contributed by atoms with E-state index in [0.29, 0.717) is 17.4 Å². The fourth-order valence-corrected chi connectivity index (χ4v) is 5.75. The van der Waals surface area contributed by atoms with Crippen LogP contribution in [0, 0.1) is 5.92 Å². The number of benzene rings is 2. The van der Waals surface area contributed by atoms with Crippen LogP contribution in [-0.2, 0) is 10.0 Å². The van der Waals surface area contributed by atoms with Crippen LogP contribution in [0.3, 0.4) is 0 Å². The molecule has 3 N–H and O–H groups in total. The van der Waals surface area contributed by atoms with Crippen molar-refractivity contribution in [3.8, 4) is 0 Å². The lowest BCUT2D eigenvalue weighted by Crippen LogP contribution is -2.39. The van der Waals surface area contributed by atoms with Crippen LogP contribution < -0.4 is 10.0 Å². The largest absolute Gasteiger partial charge is 0.371 e. The van der Waals surface area contributed by atoms with Gasteiger partial charge in [0.05, 0.1) is 16.7 Å². The monoisotopic (exact) mass is 434 g/mol. The predicted molar refractivity (Wildman–Crippen MR) is 125 cm³/mol. The molecule has 160 valence electrons. The highest BCUT2D eigenvalue weighted by Gasteiger charge is 2.32. The van der Waals surface area contributed by atoms with E-state index < -0.39 is 10.0 Å². The summed E-state index contributed by atoms with van der Waals surface area (Å²) >= 11 is 0. The van der Waals surface area contributed by atoms with Crippen LogP contribution in [0.15, 0.2) is 65.7 Å². The number of anilines is 1. The highest BCUT2D eigenvalue weighted by Crippen LogP contribution is 2.40. The molecule has 5 rings (SSSR count). The minimum atomic E-state index is -3.83. The lowest BCUT2D eigenvalue weighted by Gasteiger charge is -2.39. The van der Waals surface area contributed by atoms with Gasteiger partial charge in [-0.15, -0.1) is 0 Å². The molecule has 0 radical (unpaired) electrons. The van der Waals surface area contributed by atoms with Crippen molar-refractivity contribution >= 4 is 37.5 Å². The van der Waals surface area contributed by atoms with Crippen molar-refractivity contribution in [1.29, 1.82) is 0 Å². The Labute approximate surface area is 182 Å². The molecule has 2 aromatic heterocycles. The molecule has 4 aromatic rings. The van der Waals surface area contributed by atoms with Gasteiger partial charge in [-0.2, -0.15) is 0 Å². The number of fused-ring (bicyclic) bond motifs is 3. The zero-order valence-corrected chi connectivity index (χ0v) is 18.3.